The molecule has 5 atom stereocenters. The maximum absolute atomic E-state index is 13.8. The minimum absolute atomic E-state index is 0.00820. The summed E-state index contributed by atoms with van der Waals surface area (Å²) in [5, 5.41) is 14.2. The predicted molar refractivity (Wildman–Crippen MR) is 155 cm³/mol. The fourth-order valence-corrected chi connectivity index (χ4v) is 7.13. The highest BCUT2D eigenvalue weighted by Crippen LogP contribution is 2.35. The number of aliphatic hydroxyl groups is 1. The van der Waals surface area contributed by atoms with Crippen LogP contribution in [0, 0.1) is 11.8 Å². The van der Waals surface area contributed by atoms with Gasteiger partial charge in [0, 0.05) is 19.2 Å². The lowest BCUT2D eigenvalue weighted by Gasteiger charge is -2.31. The van der Waals surface area contributed by atoms with Crippen LogP contribution in [0.4, 0.5) is 18.0 Å². The second kappa shape index (κ2) is 14.2. The average molecular weight is 675 g/mol. The van der Waals surface area contributed by atoms with Gasteiger partial charge in [-0.25, -0.2) is 13.2 Å². The van der Waals surface area contributed by atoms with Crippen LogP contribution in [-0.2, 0) is 30.7 Å². The molecule has 2 aromatic carbocycles. The lowest BCUT2D eigenvalue weighted by molar-refractivity contribution is -0.153. The van der Waals surface area contributed by atoms with Crippen molar-refractivity contribution in [2.45, 2.75) is 62.3 Å². The highest BCUT2D eigenvalue weighted by molar-refractivity contribution is 7.89. The molecular weight excluding hydrogens is 637 g/mol. The third-order valence-electron chi connectivity index (χ3n) is 7.73. The van der Waals surface area contributed by atoms with Crippen molar-refractivity contribution >= 4 is 16.1 Å². The highest BCUT2D eigenvalue weighted by atomic mass is 32.2. The van der Waals surface area contributed by atoms with E-state index in [1.165, 1.54) is 42.5 Å². The summed E-state index contributed by atoms with van der Waals surface area (Å²) >= 11 is 0. The van der Waals surface area contributed by atoms with Gasteiger partial charge >= 0.3 is 12.3 Å². The normalized spacial score (nSPS) is 22.1. The lowest BCUT2D eigenvalue weighted by atomic mass is 10.0. The summed E-state index contributed by atoms with van der Waals surface area (Å²) in [4.78, 5) is 13.0. The molecule has 3 aliphatic rings. The molecule has 2 fully saturated rings. The van der Waals surface area contributed by atoms with E-state index >= 15 is 0 Å². The summed E-state index contributed by atoms with van der Waals surface area (Å²) in [7, 11) is -4.15. The van der Waals surface area contributed by atoms with Gasteiger partial charge in [0.15, 0.2) is 24.4 Å². The number of aliphatic hydroxyl groups excluding tert-OH is 1. The van der Waals surface area contributed by atoms with Gasteiger partial charge in [0.25, 0.3) is 0 Å². The Hall–Kier alpha value is -3.31. The van der Waals surface area contributed by atoms with Crippen molar-refractivity contribution in [1.82, 2.24) is 9.62 Å². The number of carbonyl (C=O) groups excluding carboxylic acids is 1. The number of alkyl halides is 3. The van der Waals surface area contributed by atoms with Crippen LogP contribution in [-0.4, -0.2) is 94.3 Å². The van der Waals surface area contributed by atoms with E-state index in [9.17, 15) is 31.5 Å². The second-order valence-electron chi connectivity index (χ2n) is 11.8. The van der Waals surface area contributed by atoms with Crippen LogP contribution in [0.15, 0.2) is 47.4 Å². The largest absolute Gasteiger partial charge is 0.484 e. The Morgan fingerprint density at radius 1 is 1.09 bits per heavy atom. The van der Waals surface area contributed by atoms with Crippen molar-refractivity contribution in [3.05, 3.63) is 48.0 Å². The highest BCUT2D eigenvalue weighted by Gasteiger charge is 2.44. The fraction of sp³-hybridized carbons (Fsp3) is 0.567. The van der Waals surface area contributed by atoms with Gasteiger partial charge in [0.2, 0.25) is 16.8 Å². The standard InChI is InChI=1S/C30H37F3N2O10S/c1-18(2)13-35(46(38,39)21-7-8-25-26(12-21)44-17-43-25)14-24(36)23(11-19-3-5-20(6-4-19)42-16-30(31,32)33)34-29(37)45-27-15-41-28-22(27)9-10-40-28/h3-8,12,18,22-24,27-28,36H,9-11,13-17H2,1-2H3,(H,34,37)/t22-,23-,24+,27-,28+/m0/s1. The Bertz CT molecular complexity index is 1460. The SMILES string of the molecule is CC(C)CN(C[C@@H](O)[C@H](Cc1ccc(OCC(F)(F)F)cc1)NC(=O)O[C@H]1CO[C@H]2OCC[C@H]21)S(=O)(=O)c1ccc2c(c1)OCO2. The summed E-state index contributed by atoms with van der Waals surface area (Å²) in [6.07, 6.45) is -7.16. The number of amides is 1. The Kier molecular flexibility index (Phi) is 10.5. The molecule has 16 heteroatoms. The van der Waals surface area contributed by atoms with Crippen LogP contribution in [0.5, 0.6) is 17.2 Å². The molecule has 0 unspecified atom stereocenters. The number of ether oxygens (including phenoxy) is 6. The van der Waals surface area contributed by atoms with E-state index in [0.717, 1.165) is 4.31 Å². The summed E-state index contributed by atoms with van der Waals surface area (Å²) in [5.41, 5.74) is 0.534. The van der Waals surface area contributed by atoms with Gasteiger partial charge < -0.3 is 38.8 Å². The molecule has 0 aromatic heterocycles. The number of rotatable bonds is 13. The zero-order chi connectivity index (χ0) is 33.1. The smallest absolute Gasteiger partial charge is 0.422 e. The van der Waals surface area contributed by atoms with Gasteiger partial charge in [-0.3, -0.25) is 0 Å². The number of fused-ring (bicyclic) bond motifs is 2. The number of nitrogens with zero attached hydrogens (tertiary/aromatic N) is 1. The topological polar surface area (TPSA) is 142 Å². The Balaban J connectivity index is 1.33. The van der Waals surface area contributed by atoms with Gasteiger partial charge in [-0.15, -0.1) is 0 Å². The van der Waals surface area contributed by atoms with Crippen LogP contribution in [0.1, 0.15) is 25.8 Å². The average Bonchev–Trinajstić information content (AvgIpc) is 3.74. The first-order valence-corrected chi connectivity index (χ1v) is 16.3. The number of alkyl carbamates (subject to hydrolysis) is 1. The van der Waals surface area contributed by atoms with E-state index in [2.05, 4.69) is 5.32 Å². The van der Waals surface area contributed by atoms with Crippen LogP contribution in [0.2, 0.25) is 0 Å². The van der Waals surface area contributed by atoms with Gasteiger partial charge in [-0.1, -0.05) is 26.0 Å². The molecule has 5 rings (SSSR count). The number of hydrogen-bond acceptors (Lipinski definition) is 10. The zero-order valence-corrected chi connectivity index (χ0v) is 26.1. The molecule has 2 aromatic rings. The molecule has 1 amide bonds. The van der Waals surface area contributed by atoms with E-state index in [0.29, 0.717) is 24.3 Å². The van der Waals surface area contributed by atoms with Crippen molar-refractivity contribution in [1.29, 1.82) is 0 Å². The molecule has 3 aliphatic heterocycles. The monoisotopic (exact) mass is 674 g/mol. The van der Waals surface area contributed by atoms with Crippen molar-refractivity contribution in [2.24, 2.45) is 11.8 Å². The minimum Gasteiger partial charge on any atom is -0.484 e. The Morgan fingerprint density at radius 2 is 1.83 bits per heavy atom. The van der Waals surface area contributed by atoms with Gasteiger partial charge in [0.05, 0.1) is 36.2 Å². The Labute approximate surface area is 264 Å². The molecule has 0 bridgehead atoms. The van der Waals surface area contributed by atoms with Crippen LogP contribution < -0.4 is 19.5 Å². The van der Waals surface area contributed by atoms with Gasteiger partial charge in [-0.2, -0.15) is 17.5 Å². The first-order chi connectivity index (χ1) is 21.8. The number of carbonyl (C=O) groups is 1. The molecule has 0 aliphatic carbocycles. The molecule has 12 nitrogen and oxygen atoms in total. The summed E-state index contributed by atoms with van der Waals surface area (Å²) in [6, 6.07) is 8.86. The Morgan fingerprint density at radius 3 is 2.54 bits per heavy atom. The third kappa shape index (κ3) is 8.53. The molecule has 2 N–H and O–H groups in total. The summed E-state index contributed by atoms with van der Waals surface area (Å²) in [6.45, 7) is 2.45. The van der Waals surface area contributed by atoms with Crippen molar-refractivity contribution in [2.75, 3.05) is 39.7 Å². The summed E-state index contributed by atoms with van der Waals surface area (Å²) < 4.78 is 98.5. The molecule has 0 spiro atoms. The van der Waals surface area contributed by atoms with E-state index in [-0.39, 0.29) is 54.6 Å². The number of nitrogens with one attached hydrogen (secondary N) is 1. The molecule has 0 saturated carbocycles. The quantitative estimate of drug-likeness (QED) is 0.325. The predicted octanol–water partition coefficient (Wildman–Crippen LogP) is 3.46. The van der Waals surface area contributed by atoms with Gasteiger partial charge in [-0.05, 0) is 48.6 Å². The molecule has 46 heavy (non-hydrogen) atoms. The number of hydrogen-bond donors (Lipinski definition) is 2. The van der Waals surface area contributed by atoms with Crippen molar-refractivity contribution in [3.63, 3.8) is 0 Å². The van der Waals surface area contributed by atoms with Gasteiger partial charge in [0.1, 0.15) is 11.9 Å². The van der Waals surface area contributed by atoms with Crippen LogP contribution in [0.3, 0.4) is 0 Å². The minimum atomic E-state index is -4.50. The van der Waals surface area contributed by atoms with E-state index < -0.39 is 60.0 Å². The molecule has 2 saturated heterocycles. The van der Waals surface area contributed by atoms with E-state index in [4.69, 9.17) is 28.4 Å². The molecule has 0 radical (unpaired) electrons. The second-order valence-corrected chi connectivity index (χ2v) is 13.7. The molecular formula is C30H37F3N2O10S. The van der Waals surface area contributed by atoms with Crippen LogP contribution >= 0.6 is 0 Å². The molecule has 3 heterocycles. The number of halogens is 3. The van der Waals surface area contributed by atoms with Crippen molar-refractivity contribution < 1.29 is 59.9 Å². The first-order valence-electron chi connectivity index (χ1n) is 14.8. The first kappa shape index (κ1) is 34.0. The third-order valence-corrected chi connectivity index (χ3v) is 9.56. The number of sulfonamides is 1. The van der Waals surface area contributed by atoms with E-state index in [1.54, 1.807) is 0 Å². The summed E-state index contributed by atoms with van der Waals surface area (Å²) in [5.74, 6) is 0.419. The zero-order valence-electron chi connectivity index (χ0n) is 25.3. The van der Waals surface area contributed by atoms with Crippen LogP contribution in [0.25, 0.3) is 0 Å². The lowest BCUT2D eigenvalue weighted by Crippen LogP contribution is -2.51. The molecule has 254 valence electrons. The van der Waals surface area contributed by atoms with E-state index in [1.807, 2.05) is 13.8 Å². The van der Waals surface area contributed by atoms with Crippen molar-refractivity contribution in [3.8, 4) is 17.2 Å². The maximum atomic E-state index is 13.8. The maximum Gasteiger partial charge on any atom is 0.422 e. The fourth-order valence-electron chi connectivity index (χ4n) is 5.49. The number of benzene rings is 2.